The second-order valence-corrected chi connectivity index (χ2v) is 6.27. The lowest BCUT2D eigenvalue weighted by Crippen LogP contribution is -2.39. The van der Waals surface area contributed by atoms with Gasteiger partial charge in [-0.25, -0.2) is 0 Å². The maximum Gasteiger partial charge on any atom is 0.279 e. The van der Waals surface area contributed by atoms with Gasteiger partial charge in [0.1, 0.15) is 0 Å². The standard InChI is InChI=1S/C12H22N4O2S/c1-11-9-14-7-5-12(11)10-15-19(17,18)16(3)8-4-6-13-2/h5,7,9,13,15H,4,6,8,10H2,1-3H3. The van der Waals surface area contributed by atoms with E-state index in [1.54, 1.807) is 19.4 Å². The van der Waals surface area contributed by atoms with Crippen molar-refractivity contribution in [3.63, 3.8) is 0 Å². The Balaban J connectivity index is 2.53. The lowest BCUT2D eigenvalue weighted by Gasteiger charge is -2.18. The highest BCUT2D eigenvalue weighted by Crippen LogP contribution is 2.05. The van der Waals surface area contributed by atoms with Crippen LogP contribution in [0, 0.1) is 6.92 Å². The van der Waals surface area contributed by atoms with Crippen LogP contribution in [0.5, 0.6) is 0 Å². The van der Waals surface area contributed by atoms with Crippen LogP contribution in [0.3, 0.4) is 0 Å². The highest BCUT2D eigenvalue weighted by atomic mass is 32.2. The second-order valence-electron chi connectivity index (χ2n) is 4.41. The molecular formula is C12H22N4O2S. The number of pyridine rings is 1. The molecule has 0 saturated carbocycles. The Hall–Kier alpha value is -1.02. The Morgan fingerprint density at radius 2 is 2.16 bits per heavy atom. The molecule has 0 unspecified atom stereocenters. The summed E-state index contributed by atoms with van der Waals surface area (Å²) in [4.78, 5) is 3.98. The number of aryl methyl sites for hydroxylation is 1. The highest BCUT2D eigenvalue weighted by molar-refractivity contribution is 7.87. The van der Waals surface area contributed by atoms with Gasteiger partial charge in [-0.15, -0.1) is 0 Å². The predicted molar refractivity (Wildman–Crippen MR) is 75.9 cm³/mol. The zero-order valence-electron chi connectivity index (χ0n) is 11.7. The zero-order valence-corrected chi connectivity index (χ0v) is 12.5. The van der Waals surface area contributed by atoms with Crippen LogP contribution in [-0.2, 0) is 16.8 Å². The van der Waals surface area contributed by atoms with Gasteiger partial charge in [-0.3, -0.25) is 4.98 Å². The molecule has 0 spiro atoms. The SMILES string of the molecule is CNCCCN(C)S(=O)(=O)NCc1ccncc1C. The van der Waals surface area contributed by atoms with Gasteiger partial charge in [0.15, 0.2) is 0 Å². The summed E-state index contributed by atoms with van der Waals surface area (Å²) in [5.74, 6) is 0. The van der Waals surface area contributed by atoms with Gasteiger partial charge in [0.25, 0.3) is 10.2 Å². The number of hydrogen-bond donors (Lipinski definition) is 2. The fourth-order valence-corrected chi connectivity index (χ4v) is 2.51. The van der Waals surface area contributed by atoms with Crippen LogP contribution in [0.25, 0.3) is 0 Å². The van der Waals surface area contributed by atoms with E-state index < -0.39 is 10.2 Å². The third kappa shape index (κ3) is 5.23. The molecule has 7 heteroatoms. The fraction of sp³-hybridized carbons (Fsp3) is 0.583. The van der Waals surface area contributed by atoms with E-state index in [1.807, 2.05) is 20.0 Å². The van der Waals surface area contributed by atoms with Crippen LogP contribution in [-0.4, -0.2) is 44.9 Å². The zero-order chi connectivity index (χ0) is 14.3. The predicted octanol–water partition coefficient (Wildman–Crippen LogP) is 0.266. The minimum Gasteiger partial charge on any atom is -0.320 e. The van der Waals surface area contributed by atoms with Crippen molar-refractivity contribution in [2.24, 2.45) is 0 Å². The van der Waals surface area contributed by atoms with Crippen molar-refractivity contribution < 1.29 is 8.42 Å². The first-order valence-corrected chi connectivity index (χ1v) is 7.66. The first-order valence-electron chi connectivity index (χ1n) is 6.22. The van der Waals surface area contributed by atoms with Crippen molar-refractivity contribution in [2.45, 2.75) is 19.9 Å². The van der Waals surface area contributed by atoms with E-state index in [-0.39, 0.29) is 6.54 Å². The number of aromatic nitrogens is 1. The quantitative estimate of drug-likeness (QED) is 0.673. The third-order valence-electron chi connectivity index (χ3n) is 2.89. The molecule has 1 rings (SSSR count). The largest absolute Gasteiger partial charge is 0.320 e. The highest BCUT2D eigenvalue weighted by Gasteiger charge is 2.16. The van der Waals surface area contributed by atoms with E-state index in [1.165, 1.54) is 4.31 Å². The number of rotatable bonds is 8. The summed E-state index contributed by atoms with van der Waals surface area (Å²) in [7, 11) is 0.00640. The van der Waals surface area contributed by atoms with E-state index in [4.69, 9.17) is 0 Å². The first-order chi connectivity index (χ1) is 8.97. The normalized spacial score (nSPS) is 12.0. The van der Waals surface area contributed by atoms with Crippen LogP contribution in [0.4, 0.5) is 0 Å². The number of nitrogens with one attached hydrogen (secondary N) is 2. The average molecular weight is 286 g/mol. The molecule has 0 bridgehead atoms. The fourth-order valence-electron chi connectivity index (χ4n) is 1.58. The Morgan fingerprint density at radius 1 is 1.42 bits per heavy atom. The number of nitrogens with zero attached hydrogens (tertiary/aromatic N) is 2. The van der Waals surface area contributed by atoms with E-state index in [2.05, 4.69) is 15.0 Å². The topological polar surface area (TPSA) is 74.3 Å². The smallest absolute Gasteiger partial charge is 0.279 e. The van der Waals surface area contributed by atoms with Gasteiger partial charge in [0.2, 0.25) is 0 Å². The Labute approximate surface area is 115 Å². The van der Waals surface area contributed by atoms with Gasteiger partial charge >= 0.3 is 0 Å². The third-order valence-corrected chi connectivity index (χ3v) is 4.40. The molecule has 1 aromatic heterocycles. The Morgan fingerprint density at radius 3 is 2.79 bits per heavy atom. The molecule has 0 aromatic carbocycles. The van der Waals surface area contributed by atoms with Crippen molar-refractivity contribution in [1.82, 2.24) is 19.3 Å². The minimum absolute atomic E-state index is 0.285. The summed E-state index contributed by atoms with van der Waals surface area (Å²) in [6.45, 7) is 3.48. The summed E-state index contributed by atoms with van der Waals surface area (Å²) in [5.41, 5.74) is 1.91. The van der Waals surface area contributed by atoms with Gasteiger partial charge in [-0.05, 0) is 44.1 Å². The van der Waals surface area contributed by atoms with E-state index in [9.17, 15) is 8.42 Å². The molecule has 0 aliphatic heterocycles. The van der Waals surface area contributed by atoms with Crippen molar-refractivity contribution >= 4 is 10.2 Å². The Bertz CT molecular complexity index is 490. The maximum absolute atomic E-state index is 12.0. The van der Waals surface area contributed by atoms with Crippen molar-refractivity contribution in [3.05, 3.63) is 29.6 Å². The molecule has 0 fully saturated rings. The maximum atomic E-state index is 12.0. The van der Waals surface area contributed by atoms with E-state index in [0.29, 0.717) is 6.54 Å². The summed E-state index contributed by atoms with van der Waals surface area (Å²) in [5, 5.41) is 2.99. The summed E-state index contributed by atoms with van der Waals surface area (Å²) in [6, 6.07) is 1.82. The first kappa shape index (κ1) is 16.0. The Kier molecular flexibility index (Phi) is 6.36. The van der Waals surface area contributed by atoms with E-state index in [0.717, 1.165) is 24.1 Å². The van der Waals surface area contributed by atoms with Gasteiger partial charge in [0, 0.05) is 32.5 Å². The molecule has 0 saturated heterocycles. The monoisotopic (exact) mass is 286 g/mol. The molecule has 0 amide bonds. The van der Waals surface area contributed by atoms with Crippen molar-refractivity contribution in [1.29, 1.82) is 0 Å². The molecule has 0 radical (unpaired) electrons. The summed E-state index contributed by atoms with van der Waals surface area (Å²) >= 11 is 0. The van der Waals surface area contributed by atoms with Gasteiger partial charge in [-0.1, -0.05) is 0 Å². The molecule has 0 aliphatic carbocycles. The lowest BCUT2D eigenvalue weighted by atomic mass is 10.2. The lowest BCUT2D eigenvalue weighted by molar-refractivity contribution is 0.447. The molecule has 1 heterocycles. The van der Waals surface area contributed by atoms with Crippen LogP contribution in [0.2, 0.25) is 0 Å². The molecular weight excluding hydrogens is 264 g/mol. The van der Waals surface area contributed by atoms with Crippen molar-refractivity contribution in [3.8, 4) is 0 Å². The summed E-state index contributed by atoms with van der Waals surface area (Å²) < 4.78 is 27.9. The summed E-state index contributed by atoms with van der Waals surface area (Å²) in [6.07, 6.45) is 4.16. The molecule has 0 atom stereocenters. The molecule has 6 nitrogen and oxygen atoms in total. The molecule has 2 N–H and O–H groups in total. The van der Waals surface area contributed by atoms with Crippen LogP contribution >= 0.6 is 0 Å². The van der Waals surface area contributed by atoms with Crippen LogP contribution < -0.4 is 10.0 Å². The molecule has 1 aromatic rings. The molecule has 108 valence electrons. The van der Waals surface area contributed by atoms with Gasteiger partial charge < -0.3 is 5.32 Å². The average Bonchev–Trinajstić information content (AvgIpc) is 2.38. The van der Waals surface area contributed by atoms with Crippen molar-refractivity contribution in [2.75, 3.05) is 27.2 Å². The second kappa shape index (κ2) is 7.54. The van der Waals surface area contributed by atoms with E-state index >= 15 is 0 Å². The minimum atomic E-state index is -3.42. The number of hydrogen-bond acceptors (Lipinski definition) is 4. The van der Waals surface area contributed by atoms with Gasteiger partial charge in [-0.2, -0.15) is 17.4 Å². The van der Waals surface area contributed by atoms with Crippen LogP contribution in [0.1, 0.15) is 17.5 Å². The van der Waals surface area contributed by atoms with Gasteiger partial charge in [0.05, 0.1) is 0 Å². The molecule has 19 heavy (non-hydrogen) atoms. The van der Waals surface area contributed by atoms with Crippen LogP contribution in [0.15, 0.2) is 18.5 Å². The molecule has 0 aliphatic rings.